The first kappa shape index (κ1) is 43.7. The average molecular weight is 706 g/mol. The molecule has 4 N–H and O–H groups in total. The van der Waals surface area contributed by atoms with Crippen molar-refractivity contribution in [1.29, 1.82) is 0 Å². The van der Waals surface area contributed by atoms with Gasteiger partial charge < -0.3 is 29.6 Å². The Morgan fingerprint density at radius 3 is 1.74 bits per heavy atom. The summed E-state index contributed by atoms with van der Waals surface area (Å²) >= 11 is 0. The maximum absolute atomic E-state index is 13.2. The zero-order chi connectivity index (χ0) is 37.8. The summed E-state index contributed by atoms with van der Waals surface area (Å²) in [5.74, 6) is -0.308. The number of ether oxygens (including phenoxy) is 4. The number of amides is 4. The van der Waals surface area contributed by atoms with E-state index in [-0.39, 0.29) is 37.7 Å². The molecule has 0 aliphatic carbocycles. The van der Waals surface area contributed by atoms with Gasteiger partial charge in [-0.15, -0.1) is 0 Å². The Hall–Kier alpha value is -4.36. The third-order valence-corrected chi connectivity index (χ3v) is 6.32. The first-order chi connectivity index (χ1) is 23.2. The van der Waals surface area contributed by atoms with Crippen LogP contribution in [0.5, 0.6) is 0 Å². The van der Waals surface area contributed by atoms with E-state index in [9.17, 15) is 24.0 Å². The van der Waals surface area contributed by atoms with Crippen LogP contribution < -0.4 is 21.3 Å². The molecule has 0 fully saturated rings. The Bertz CT molecular complexity index is 1220. The number of hydrogen-bond acceptors (Lipinski definition) is 10. The summed E-state index contributed by atoms with van der Waals surface area (Å²) in [4.78, 5) is 66.6. The number of nitrogens with zero attached hydrogens (tertiary/aromatic N) is 1. The van der Waals surface area contributed by atoms with Gasteiger partial charge in [0.05, 0.1) is 6.04 Å². The molecule has 0 radical (unpaired) electrons. The van der Waals surface area contributed by atoms with E-state index >= 15 is 0 Å². The maximum atomic E-state index is 13.2. The van der Waals surface area contributed by atoms with Gasteiger partial charge in [-0.2, -0.15) is 0 Å². The molecule has 0 saturated carbocycles. The van der Waals surface area contributed by atoms with Gasteiger partial charge in [0.1, 0.15) is 23.4 Å². The summed E-state index contributed by atoms with van der Waals surface area (Å²) in [5.41, 5.74) is -1.38. The summed E-state index contributed by atoms with van der Waals surface area (Å²) in [6.07, 6.45) is 2.05. The zero-order valence-corrected chi connectivity index (χ0v) is 31.4. The minimum absolute atomic E-state index is 0.106. The number of nitrogens with one attached hydrogen (secondary N) is 4. The fourth-order valence-electron chi connectivity index (χ4n) is 4.25. The van der Waals surface area contributed by atoms with Crippen molar-refractivity contribution in [3.8, 4) is 0 Å². The van der Waals surface area contributed by atoms with Crippen LogP contribution in [0.3, 0.4) is 0 Å². The number of alkyl carbamates (subject to hydrolysis) is 4. The Labute approximate surface area is 297 Å². The molecule has 50 heavy (non-hydrogen) atoms. The second kappa shape index (κ2) is 21.7. The lowest BCUT2D eigenvalue weighted by Crippen LogP contribution is -2.47. The van der Waals surface area contributed by atoms with Crippen LogP contribution in [-0.4, -0.2) is 72.1 Å². The standard InChI is InChI=1S/C36H59N5O9/c1-34(2,3)48-31(44)39-27(21-18-24-37-29(40-32(45)49-35(4,5)6)41-33(46)50-36(7,8)9)28(42)22-16-11-10-12-17-23-38-30(43)47-25-26-19-14-13-15-20-26/h13-15,19-20,27H,10-12,16-18,21-25H2,1-9H3,(H,38,43)(H,39,44)(H2,37,40,41,45,46)/t27-/m0/s1. The van der Waals surface area contributed by atoms with E-state index in [2.05, 4.69) is 26.3 Å². The van der Waals surface area contributed by atoms with Gasteiger partial charge in [-0.25, -0.2) is 19.2 Å². The molecule has 0 aliphatic heterocycles. The molecule has 0 aromatic heterocycles. The molecule has 14 nitrogen and oxygen atoms in total. The number of hydrogen-bond donors (Lipinski definition) is 4. The Balaban J connectivity index is 2.63. The summed E-state index contributed by atoms with van der Waals surface area (Å²) < 4.78 is 21.1. The van der Waals surface area contributed by atoms with Crippen LogP contribution in [0.1, 0.15) is 119 Å². The van der Waals surface area contributed by atoms with Crippen LogP contribution >= 0.6 is 0 Å². The first-order valence-corrected chi connectivity index (χ1v) is 17.2. The first-order valence-electron chi connectivity index (χ1n) is 17.2. The molecule has 14 heteroatoms. The van der Waals surface area contributed by atoms with Gasteiger partial charge in [0, 0.05) is 19.5 Å². The molecule has 1 aromatic carbocycles. The molecular formula is C36H59N5O9. The summed E-state index contributed by atoms with van der Waals surface area (Å²) in [6, 6.07) is 8.64. The van der Waals surface area contributed by atoms with Crippen molar-refractivity contribution in [1.82, 2.24) is 21.3 Å². The van der Waals surface area contributed by atoms with Crippen LogP contribution in [0.4, 0.5) is 19.2 Å². The zero-order valence-electron chi connectivity index (χ0n) is 31.4. The Kier molecular flexibility index (Phi) is 18.9. The van der Waals surface area contributed by atoms with E-state index in [0.29, 0.717) is 19.4 Å². The van der Waals surface area contributed by atoms with Crippen molar-refractivity contribution in [2.75, 3.05) is 13.1 Å². The van der Waals surface area contributed by atoms with Crippen LogP contribution in [0.25, 0.3) is 0 Å². The molecule has 282 valence electrons. The highest BCUT2D eigenvalue weighted by atomic mass is 16.6. The van der Waals surface area contributed by atoms with Crippen LogP contribution in [0.2, 0.25) is 0 Å². The third kappa shape index (κ3) is 23.9. The topological polar surface area (TPSA) is 183 Å². The van der Waals surface area contributed by atoms with Gasteiger partial charge in [-0.3, -0.25) is 20.4 Å². The highest BCUT2D eigenvalue weighted by Gasteiger charge is 2.25. The Morgan fingerprint density at radius 2 is 1.18 bits per heavy atom. The molecule has 0 aliphatic rings. The molecule has 0 saturated heterocycles. The molecule has 1 atom stereocenters. The fourth-order valence-corrected chi connectivity index (χ4v) is 4.25. The van der Waals surface area contributed by atoms with Crippen LogP contribution in [0, 0.1) is 0 Å². The van der Waals surface area contributed by atoms with Crippen molar-refractivity contribution in [2.45, 2.75) is 143 Å². The highest BCUT2D eigenvalue weighted by Crippen LogP contribution is 2.13. The molecule has 0 unspecified atom stereocenters. The number of benzene rings is 1. The van der Waals surface area contributed by atoms with Gasteiger partial charge in [-0.1, -0.05) is 49.6 Å². The lowest BCUT2D eigenvalue weighted by atomic mass is 10.0. The highest BCUT2D eigenvalue weighted by molar-refractivity contribution is 6.01. The average Bonchev–Trinajstić information content (AvgIpc) is 2.96. The number of carbonyl (C=O) groups is 5. The molecule has 0 bridgehead atoms. The van der Waals surface area contributed by atoms with Gasteiger partial charge in [-0.05, 0) is 93.6 Å². The molecular weight excluding hydrogens is 646 g/mol. The van der Waals surface area contributed by atoms with E-state index in [1.54, 1.807) is 62.3 Å². The minimum Gasteiger partial charge on any atom is -0.445 e. The molecule has 1 aromatic rings. The van der Waals surface area contributed by atoms with Gasteiger partial charge in [0.15, 0.2) is 5.78 Å². The quantitative estimate of drug-likeness (QED) is 0.0615. The SMILES string of the molecule is CC(C)(C)OC(=O)NC(=NCCC[C@H](NC(=O)OC(C)(C)C)C(=O)CCCCCCCNC(=O)OCc1ccccc1)NC(=O)OC(C)(C)C. The van der Waals surface area contributed by atoms with Gasteiger partial charge in [0.25, 0.3) is 0 Å². The van der Waals surface area contributed by atoms with E-state index in [0.717, 1.165) is 31.2 Å². The third-order valence-electron chi connectivity index (χ3n) is 6.32. The van der Waals surface area contributed by atoms with E-state index in [4.69, 9.17) is 18.9 Å². The fraction of sp³-hybridized carbons (Fsp3) is 0.667. The number of guanidine groups is 1. The van der Waals surface area contributed by atoms with Crippen molar-refractivity contribution in [2.24, 2.45) is 4.99 Å². The van der Waals surface area contributed by atoms with Crippen molar-refractivity contribution < 1.29 is 42.9 Å². The largest absolute Gasteiger partial charge is 0.445 e. The number of Topliss-reactive ketones (excluding diaryl/α,β-unsaturated/α-hetero) is 1. The lowest BCUT2D eigenvalue weighted by Gasteiger charge is -2.23. The van der Waals surface area contributed by atoms with E-state index in [1.807, 2.05) is 30.3 Å². The maximum Gasteiger partial charge on any atom is 0.414 e. The van der Waals surface area contributed by atoms with Gasteiger partial charge >= 0.3 is 24.4 Å². The van der Waals surface area contributed by atoms with Crippen LogP contribution in [0.15, 0.2) is 35.3 Å². The minimum atomic E-state index is -0.815. The van der Waals surface area contributed by atoms with Crippen molar-refractivity contribution in [3.05, 3.63) is 35.9 Å². The predicted octanol–water partition coefficient (Wildman–Crippen LogP) is 6.90. The lowest BCUT2D eigenvalue weighted by molar-refractivity contribution is -0.121. The number of ketones is 1. The molecule has 0 heterocycles. The normalized spacial score (nSPS) is 12.1. The van der Waals surface area contributed by atoms with Crippen molar-refractivity contribution >= 4 is 36.1 Å². The van der Waals surface area contributed by atoms with E-state index < -0.39 is 47.2 Å². The molecule has 1 rings (SSSR count). The second-order valence-corrected chi connectivity index (χ2v) is 14.8. The number of carbonyl (C=O) groups excluding carboxylic acids is 5. The Morgan fingerprint density at radius 1 is 0.660 bits per heavy atom. The summed E-state index contributed by atoms with van der Waals surface area (Å²) in [5, 5.41) is 10.3. The molecule has 0 spiro atoms. The number of rotatable bonds is 16. The molecule has 4 amide bonds. The van der Waals surface area contributed by atoms with Crippen LogP contribution in [-0.2, 0) is 30.3 Å². The van der Waals surface area contributed by atoms with E-state index in [1.165, 1.54) is 0 Å². The second-order valence-electron chi connectivity index (χ2n) is 14.8. The monoisotopic (exact) mass is 705 g/mol. The summed E-state index contributed by atoms with van der Waals surface area (Å²) in [7, 11) is 0. The van der Waals surface area contributed by atoms with Gasteiger partial charge in [0.2, 0.25) is 5.96 Å². The number of aliphatic imine (C=N–C) groups is 1. The summed E-state index contributed by atoms with van der Waals surface area (Å²) in [6.45, 7) is 16.2. The smallest absolute Gasteiger partial charge is 0.414 e. The number of unbranched alkanes of at least 4 members (excludes halogenated alkanes) is 4. The van der Waals surface area contributed by atoms with Crippen molar-refractivity contribution in [3.63, 3.8) is 0 Å². The predicted molar refractivity (Wildman–Crippen MR) is 191 cm³/mol.